The van der Waals surface area contributed by atoms with Gasteiger partial charge in [-0.3, -0.25) is 0 Å². The topological polar surface area (TPSA) is 40.5 Å². The van der Waals surface area contributed by atoms with E-state index in [2.05, 4.69) is 22.5 Å². The molecule has 2 nitrogen and oxygen atoms in total. The molecule has 0 amide bonds. The summed E-state index contributed by atoms with van der Waals surface area (Å²) in [6.45, 7) is 5.29. The van der Waals surface area contributed by atoms with Gasteiger partial charge in [0.15, 0.2) is 0 Å². The first kappa shape index (κ1) is 10.7. The van der Waals surface area contributed by atoms with E-state index in [-0.39, 0.29) is 0 Å². The quantitative estimate of drug-likeness (QED) is 0.554. The van der Waals surface area contributed by atoms with E-state index in [1.165, 1.54) is 0 Å². The Labute approximate surface area is 75.2 Å². The van der Waals surface area contributed by atoms with Gasteiger partial charge in [-0.1, -0.05) is 34.7 Å². The molecule has 0 aromatic heterocycles. The van der Waals surface area contributed by atoms with Gasteiger partial charge in [0.1, 0.15) is 0 Å². The van der Waals surface area contributed by atoms with Crippen LogP contribution >= 0.6 is 15.9 Å². The minimum Gasteiger partial charge on any atom is -0.423 e. The molecule has 0 aliphatic carbocycles. The molecule has 0 radical (unpaired) electrons. The van der Waals surface area contributed by atoms with Crippen LogP contribution in [0.15, 0.2) is 34.8 Å². The molecule has 0 aromatic rings. The molecule has 60 valence electrons. The van der Waals surface area contributed by atoms with Crippen LogP contribution in [-0.4, -0.2) is 17.2 Å². The fourth-order valence-corrected chi connectivity index (χ4v) is 0.650. The number of halogens is 1. The van der Waals surface area contributed by atoms with Crippen molar-refractivity contribution < 1.29 is 10.0 Å². The van der Waals surface area contributed by atoms with Crippen LogP contribution in [0.5, 0.6) is 0 Å². The molecule has 0 aliphatic rings. The molecule has 0 aromatic carbocycles. The Morgan fingerprint density at radius 2 is 2.00 bits per heavy atom. The van der Waals surface area contributed by atoms with Gasteiger partial charge in [-0.2, -0.15) is 0 Å². The van der Waals surface area contributed by atoms with Crippen LogP contribution in [0.3, 0.4) is 0 Å². The summed E-state index contributed by atoms with van der Waals surface area (Å²) in [5.74, 6) is 0. The summed E-state index contributed by atoms with van der Waals surface area (Å²) < 4.78 is 0.692. The summed E-state index contributed by atoms with van der Waals surface area (Å²) in [5, 5.41) is 17.4. The van der Waals surface area contributed by atoms with E-state index in [0.29, 0.717) is 9.95 Å². The van der Waals surface area contributed by atoms with E-state index in [9.17, 15) is 0 Å². The van der Waals surface area contributed by atoms with Gasteiger partial charge in [-0.05, 0) is 18.5 Å². The van der Waals surface area contributed by atoms with Crippen molar-refractivity contribution in [1.29, 1.82) is 0 Å². The van der Waals surface area contributed by atoms with Gasteiger partial charge in [-0.15, -0.1) is 0 Å². The molecule has 11 heavy (non-hydrogen) atoms. The lowest BCUT2D eigenvalue weighted by Crippen LogP contribution is -2.13. The number of hydrogen-bond acceptors (Lipinski definition) is 2. The van der Waals surface area contributed by atoms with E-state index >= 15 is 0 Å². The smallest absolute Gasteiger partial charge is 0.423 e. The molecular weight excluding hydrogens is 207 g/mol. The van der Waals surface area contributed by atoms with Crippen molar-refractivity contribution in [3.8, 4) is 0 Å². The summed E-state index contributed by atoms with van der Waals surface area (Å²) in [6, 6.07) is 0. The van der Waals surface area contributed by atoms with E-state index in [4.69, 9.17) is 10.0 Å². The zero-order chi connectivity index (χ0) is 8.85. The van der Waals surface area contributed by atoms with Gasteiger partial charge < -0.3 is 10.0 Å². The maximum absolute atomic E-state index is 8.72. The Morgan fingerprint density at radius 3 is 2.27 bits per heavy atom. The molecule has 2 N–H and O–H groups in total. The van der Waals surface area contributed by atoms with Gasteiger partial charge in [0.2, 0.25) is 0 Å². The zero-order valence-electron chi connectivity index (χ0n) is 6.29. The first-order chi connectivity index (χ1) is 5.07. The maximum Gasteiger partial charge on any atom is 0.488 e. The van der Waals surface area contributed by atoms with Crippen molar-refractivity contribution in [2.45, 2.75) is 6.92 Å². The van der Waals surface area contributed by atoms with Crippen molar-refractivity contribution >= 4 is 23.0 Å². The van der Waals surface area contributed by atoms with E-state index in [1.54, 1.807) is 25.2 Å². The van der Waals surface area contributed by atoms with Gasteiger partial charge in [0.25, 0.3) is 0 Å². The average Bonchev–Trinajstić information content (AvgIpc) is 1.87. The summed E-state index contributed by atoms with van der Waals surface area (Å²) in [7, 11) is -1.41. The maximum atomic E-state index is 8.72. The lowest BCUT2D eigenvalue weighted by atomic mass is 9.79. The van der Waals surface area contributed by atoms with Crippen LogP contribution in [0, 0.1) is 0 Å². The van der Waals surface area contributed by atoms with Gasteiger partial charge in [0.05, 0.1) is 0 Å². The number of hydrogen-bond donors (Lipinski definition) is 2. The molecule has 0 saturated heterocycles. The largest absolute Gasteiger partial charge is 0.488 e. The first-order valence-electron chi connectivity index (χ1n) is 3.12. The number of rotatable bonds is 3. The standard InChI is InChI=1S/C7H10BBrO2/c1-3-7(8(10)11)5-4-6(2)9/h3-5,10-11H,2H2,1H3/b5-4-,7-3+. The Hall–Kier alpha value is -0.315. The third-order valence-electron chi connectivity index (χ3n) is 1.09. The van der Waals surface area contributed by atoms with Gasteiger partial charge in [0, 0.05) is 4.48 Å². The Bertz CT molecular complexity index is 197. The van der Waals surface area contributed by atoms with Crippen LogP contribution in [0.2, 0.25) is 0 Å². The van der Waals surface area contributed by atoms with Gasteiger partial charge in [-0.25, -0.2) is 0 Å². The zero-order valence-corrected chi connectivity index (χ0v) is 7.87. The fourth-order valence-electron chi connectivity index (χ4n) is 0.518. The second-order valence-electron chi connectivity index (χ2n) is 1.94. The third kappa shape index (κ3) is 5.01. The van der Waals surface area contributed by atoms with Crippen LogP contribution < -0.4 is 0 Å². The highest BCUT2D eigenvalue weighted by atomic mass is 79.9. The van der Waals surface area contributed by atoms with Crippen LogP contribution in [-0.2, 0) is 0 Å². The molecular formula is C7H10BBrO2. The Morgan fingerprint density at radius 1 is 1.45 bits per heavy atom. The lowest BCUT2D eigenvalue weighted by molar-refractivity contribution is 0.420. The normalized spacial score (nSPS) is 12.2. The highest BCUT2D eigenvalue weighted by Crippen LogP contribution is 2.06. The fraction of sp³-hybridized carbons (Fsp3) is 0.143. The summed E-state index contributed by atoms with van der Waals surface area (Å²) in [4.78, 5) is 0. The summed E-state index contributed by atoms with van der Waals surface area (Å²) in [5.41, 5.74) is 0.450. The molecule has 0 atom stereocenters. The summed E-state index contributed by atoms with van der Waals surface area (Å²) in [6.07, 6.45) is 4.85. The van der Waals surface area contributed by atoms with E-state index in [1.807, 2.05) is 0 Å². The van der Waals surface area contributed by atoms with E-state index < -0.39 is 7.12 Å². The molecule has 0 saturated carbocycles. The second kappa shape index (κ2) is 5.35. The predicted molar refractivity (Wildman–Crippen MR) is 51.2 cm³/mol. The number of allylic oxidation sites excluding steroid dienone is 5. The Balaban J connectivity index is 4.22. The molecule has 0 aliphatic heterocycles. The minimum absolute atomic E-state index is 0.450. The second-order valence-corrected chi connectivity index (χ2v) is 2.96. The monoisotopic (exact) mass is 216 g/mol. The molecule has 0 spiro atoms. The molecule has 4 heteroatoms. The highest BCUT2D eigenvalue weighted by Gasteiger charge is 2.09. The van der Waals surface area contributed by atoms with Crippen molar-refractivity contribution in [2.75, 3.05) is 0 Å². The van der Waals surface area contributed by atoms with Crippen molar-refractivity contribution in [3.05, 3.63) is 34.8 Å². The van der Waals surface area contributed by atoms with Crippen molar-refractivity contribution in [1.82, 2.24) is 0 Å². The first-order valence-corrected chi connectivity index (χ1v) is 3.92. The van der Waals surface area contributed by atoms with Crippen molar-refractivity contribution in [3.63, 3.8) is 0 Å². The molecule has 0 heterocycles. The SMILES string of the molecule is C=C(Br)/C=C\C(=C/C)B(O)O. The molecule has 0 fully saturated rings. The summed E-state index contributed by atoms with van der Waals surface area (Å²) >= 11 is 3.11. The Kier molecular flexibility index (Phi) is 5.20. The lowest BCUT2D eigenvalue weighted by Gasteiger charge is -1.96. The van der Waals surface area contributed by atoms with Gasteiger partial charge >= 0.3 is 7.12 Å². The highest BCUT2D eigenvalue weighted by molar-refractivity contribution is 9.11. The van der Waals surface area contributed by atoms with Crippen molar-refractivity contribution in [2.24, 2.45) is 0 Å². The third-order valence-corrected chi connectivity index (χ3v) is 1.35. The average molecular weight is 217 g/mol. The van der Waals surface area contributed by atoms with E-state index in [0.717, 1.165) is 0 Å². The van der Waals surface area contributed by atoms with Crippen LogP contribution in [0.25, 0.3) is 0 Å². The minimum atomic E-state index is -1.41. The van der Waals surface area contributed by atoms with Crippen LogP contribution in [0.1, 0.15) is 6.92 Å². The predicted octanol–water partition coefficient (Wildman–Crippen LogP) is 1.41. The molecule has 0 unspecified atom stereocenters. The van der Waals surface area contributed by atoms with Crippen LogP contribution in [0.4, 0.5) is 0 Å². The molecule has 0 rings (SSSR count). The molecule has 0 bridgehead atoms.